The van der Waals surface area contributed by atoms with Gasteiger partial charge in [-0.05, 0) is 31.2 Å². The molecule has 2 rings (SSSR count). The smallest absolute Gasteiger partial charge is 0.278 e. The molecule has 0 aliphatic carbocycles. The first-order valence-electron chi connectivity index (χ1n) is 4.21. The van der Waals surface area contributed by atoms with Crippen molar-refractivity contribution in [2.24, 2.45) is 0 Å². The van der Waals surface area contributed by atoms with E-state index >= 15 is 0 Å². The first-order valence-corrected chi connectivity index (χ1v) is 5.40. The van der Waals surface area contributed by atoms with Gasteiger partial charge in [0, 0.05) is 10.6 Å². The Hall–Kier alpha value is -1.06. The van der Waals surface area contributed by atoms with Crippen molar-refractivity contribution in [2.45, 2.75) is 6.92 Å². The van der Waals surface area contributed by atoms with Crippen LogP contribution in [0.4, 0.5) is 5.13 Å². The van der Waals surface area contributed by atoms with E-state index in [1.54, 1.807) is 11.3 Å². The van der Waals surface area contributed by atoms with E-state index in [0.29, 0.717) is 0 Å². The Morgan fingerprint density at radius 2 is 1.93 bits per heavy atom. The van der Waals surface area contributed by atoms with Gasteiger partial charge in [0.1, 0.15) is 5.69 Å². The first kappa shape index (κ1) is 9.49. The Morgan fingerprint density at radius 3 is 2.43 bits per heavy atom. The second kappa shape index (κ2) is 3.59. The van der Waals surface area contributed by atoms with Crippen molar-refractivity contribution < 1.29 is 4.98 Å². The number of anilines is 1. The van der Waals surface area contributed by atoms with Gasteiger partial charge in [0.05, 0.1) is 4.88 Å². The fourth-order valence-corrected chi connectivity index (χ4v) is 2.22. The third-order valence-corrected chi connectivity index (χ3v) is 3.08. The van der Waals surface area contributed by atoms with E-state index in [4.69, 9.17) is 17.3 Å². The summed E-state index contributed by atoms with van der Waals surface area (Å²) in [5, 5.41) is 1.47. The Labute approximate surface area is 91.4 Å². The summed E-state index contributed by atoms with van der Waals surface area (Å²) in [7, 11) is 0. The Morgan fingerprint density at radius 1 is 1.29 bits per heavy atom. The van der Waals surface area contributed by atoms with Crippen LogP contribution in [0, 0.1) is 6.92 Å². The maximum absolute atomic E-state index is 5.81. The number of nitrogens with one attached hydrogen (secondary N) is 1. The molecule has 4 heteroatoms. The lowest BCUT2D eigenvalue weighted by Crippen LogP contribution is -2.07. The average molecular weight is 226 g/mol. The normalized spacial score (nSPS) is 10.4. The van der Waals surface area contributed by atoms with Crippen molar-refractivity contribution in [3.05, 3.63) is 34.2 Å². The van der Waals surface area contributed by atoms with Crippen LogP contribution in [0.2, 0.25) is 5.02 Å². The minimum Gasteiger partial charge on any atom is -0.278 e. The quantitative estimate of drug-likeness (QED) is 0.797. The fourth-order valence-electron chi connectivity index (χ4n) is 1.34. The fraction of sp³-hybridized carbons (Fsp3) is 0.100. The number of aromatic nitrogens is 1. The van der Waals surface area contributed by atoms with Crippen LogP contribution in [0.15, 0.2) is 24.3 Å². The Balaban J connectivity index is 2.49. The van der Waals surface area contributed by atoms with Gasteiger partial charge in [-0.2, -0.15) is 0 Å². The number of halogens is 1. The standard InChI is InChI=1S/C10H9ClN2S/c1-6-9(13-10(12)14-6)7-2-4-8(11)5-3-7/h2-5H,1H3,(H2,12,13)/p+1. The Bertz CT molecular complexity index is 448. The van der Waals surface area contributed by atoms with E-state index in [-0.39, 0.29) is 0 Å². The van der Waals surface area contributed by atoms with Crippen LogP contribution in [0.3, 0.4) is 0 Å². The molecule has 1 heterocycles. The van der Waals surface area contributed by atoms with E-state index in [9.17, 15) is 0 Å². The largest absolute Gasteiger partial charge is 0.330 e. The summed E-state index contributed by atoms with van der Waals surface area (Å²) in [5.74, 6) is 0. The highest BCUT2D eigenvalue weighted by Crippen LogP contribution is 2.25. The van der Waals surface area contributed by atoms with Crippen molar-refractivity contribution in [1.82, 2.24) is 0 Å². The van der Waals surface area contributed by atoms with Gasteiger partial charge in [-0.3, -0.25) is 5.73 Å². The van der Waals surface area contributed by atoms with Crippen LogP contribution in [0.25, 0.3) is 11.3 Å². The number of nitrogen functional groups attached to an aromatic ring is 1. The molecule has 0 radical (unpaired) electrons. The van der Waals surface area contributed by atoms with Crippen LogP contribution in [-0.4, -0.2) is 0 Å². The highest BCUT2D eigenvalue weighted by molar-refractivity contribution is 7.15. The topological polar surface area (TPSA) is 40.2 Å². The number of hydrogen-bond donors (Lipinski definition) is 1. The zero-order valence-corrected chi connectivity index (χ0v) is 9.25. The van der Waals surface area contributed by atoms with Gasteiger partial charge in [-0.25, -0.2) is 4.98 Å². The molecule has 2 aromatic rings. The molecule has 14 heavy (non-hydrogen) atoms. The molecule has 0 unspecified atom stereocenters. The van der Waals surface area contributed by atoms with Crippen molar-refractivity contribution in [3.63, 3.8) is 0 Å². The molecular formula is C10H10ClN2S+. The van der Waals surface area contributed by atoms with Gasteiger partial charge >= 0.3 is 5.13 Å². The molecule has 0 aliphatic rings. The number of benzene rings is 1. The lowest BCUT2D eigenvalue weighted by molar-refractivity contribution is -0.340. The second-order valence-corrected chi connectivity index (χ2v) is 4.72. The molecule has 1 aromatic carbocycles. The number of aromatic amines is 1. The highest BCUT2D eigenvalue weighted by atomic mass is 35.5. The van der Waals surface area contributed by atoms with E-state index in [1.807, 2.05) is 31.2 Å². The molecule has 0 saturated heterocycles. The lowest BCUT2D eigenvalue weighted by Gasteiger charge is -1.95. The SMILES string of the molecule is Cc1sc(N)[nH+]c1-c1ccc(Cl)cc1. The van der Waals surface area contributed by atoms with Gasteiger partial charge in [0.2, 0.25) is 0 Å². The number of rotatable bonds is 1. The molecule has 1 aromatic heterocycles. The summed E-state index contributed by atoms with van der Waals surface area (Å²) in [6.45, 7) is 2.04. The number of H-pyrrole nitrogens is 1. The summed E-state index contributed by atoms with van der Waals surface area (Å²) in [6.07, 6.45) is 0. The third-order valence-electron chi connectivity index (χ3n) is 2.00. The molecule has 0 saturated carbocycles. The monoisotopic (exact) mass is 225 g/mol. The van der Waals surface area contributed by atoms with Crippen LogP contribution < -0.4 is 10.7 Å². The Kier molecular flexibility index (Phi) is 2.44. The summed E-state index contributed by atoms with van der Waals surface area (Å²) in [4.78, 5) is 4.32. The summed E-state index contributed by atoms with van der Waals surface area (Å²) in [6, 6.07) is 7.71. The van der Waals surface area contributed by atoms with E-state index in [2.05, 4.69) is 4.98 Å². The molecule has 72 valence electrons. The molecular weight excluding hydrogens is 216 g/mol. The summed E-state index contributed by atoms with van der Waals surface area (Å²) < 4.78 is 0. The molecule has 0 bridgehead atoms. The van der Waals surface area contributed by atoms with Gasteiger partial charge in [-0.15, -0.1) is 0 Å². The maximum atomic E-state index is 5.81. The third kappa shape index (κ3) is 1.74. The minimum atomic E-state index is 0.729. The van der Waals surface area contributed by atoms with Gasteiger partial charge in [0.25, 0.3) is 0 Å². The highest BCUT2D eigenvalue weighted by Gasteiger charge is 2.11. The number of thiazole rings is 1. The van der Waals surface area contributed by atoms with Gasteiger partial charge in [-0.1, -0.05) is 22.9 Å². The zero-order chi connectivity index (χ0) is 10.1. The minimum absolute atomic E-state index is 0.729. The summed E-state index contributed by atoms with van der Waals surface area (Å²) in [5.41, 5.74) is 7.87. The van der Waals surface area contributed by atoms with Crippen molar-refractivity contribution >= 4 is 28.1 Å². The number of nitrogens with two attached hydrogens (primary N) is 1. The molecule has 3 N–H and O–H groups in total. The van der Waals surface area contributed by atoms with E-state index < -0.39 is 0 Å². The van der Waals surface area contributed by atoms with Gasteiger partial charge < -0.3 is 0 Å². The lowest BCUT2D eigenvalue weighted by atomic mass is 10.1. The van der Waals surface area contributed by atoms with Crippen LogP contribution in [0.5, 0.6) is 0 Å². The molecule has 0 aliphatic heterocycles. The van der Waals surface area contributed by atoms with E-state index in [1.165, 1.54) is 4.88 Å². The summed E-state index contributed by atoms with van der Waals surface area (Å²) >= 11 is 7.37. The number of aryl methyl sites for hydroxylation is 1. The zero-order valence-electron chi connectivity index (χ0n) is 7.67. The van der Waals surface area contributed by atoms with Crippen LogP contribution in [-0.2, 0) is 0 Å². The van der Waals surface area contributed by atoms with E-state index in [0.717, 1.165) is 21.4 Å². The molecule has 0 spiro atoms. The maximum Gasteiger partial charge on any atom is 0.330 e. The second-order valence-electron chi connectivity index (χ2n) is 3.03. The molecule has 0 amide bonds. The van der Waals surface area contributed by atoms with Crippen molar-refractivity contribution in [1.29, 1.82) is 0 Å². The molecule has 2 nitrogen and oxygen atoms in total. The van der Waals surface area contributed by atoms with Crippen molar-refractivity contribution in [2.75, 3.05) is 5.73 Å². The van der Waals surface area contributed by atoms with Crippen molar-refractivity contribution in [3.8, 4) is 11.3 Å². The molecule has 0 fully saturated rings. The van der Waals surface area contributed by atoms with Gasteiger partial charge in [0.15, 0.2) is 0 Å². The van der Waals surface area contributed by atoms with Crippen LogP contribution >= 0.6 is 22.9 Å². The number of hydrogen-bond acceptors (Lipinski definition) is 2. The molecule has 0 atom stereocenters. The average Bonchev–Trinajstić information content (AvgIpc) is 2.47. The first-order chi connectivity index (χ1) is 6.66. The predicted molar refractivity (Wildman–Crippen MR) is 60.5 cm³/mol. The predicted octanol–water partition coefficient (Wildman–Crippen LogP) is 2.77. The van der Waals surface area contributed by atoms with Crippen LogP contribution in [0.1, 0.15) is 4.88 Å².